The summed E-state index contributed by atoms with van der Waals surface area (Å²) in [6, 6.07) is 13.5. The molecule has 2 heterocycles. The molecular weight excluding hydrogens is 340 g/mol. The van der Waals surface area contributed by atoms with Gasteiger partial charge < -0.3 is 5.32 Å². The first-order valence-corrected chi connectivity index (χ1v) is 8.84. The highest BCUT2D eigenvalue weighted by atomic mass is 16.1. The van der Waals surface area contributed by atoms with E-state index in [1.807, 2.05) is 38.4 Å². The Morgan fingerprint density at radius 3 is 2.78 bits per heavy atom. The highest BCUT2D eigenvalue weighted by molar-refractivity contribution is 5.94. The Hall–Kier alpha value is -3.48. The number of nitrogens with zero attached hydrogens (tertiary/aromatic N) is 4. The topological polar surface area (TPSA) is 88.5 Å². The summed E-state index contributed by atoms with van der Waals surface area (Å²) in [4.78, 5) is 16.6. The van der Waals surface area contributed by atoms with Crippen molar-refractivity contribution in [3.05, 3.63) is 65.6 Å². The Bertz CT molecular complexity index is 1090. The molecule has 0 aliphatic rings. The van der Waals surface area contributed by atoms with Crippen molar-refractivity contribution in [1.29, 1.82) is 0 Å². The molecule has 2 N–H and O–H groups in total. The minimum atomic E-state index is -0.0756. The molecule has 27 heavy (non-hydrogen) atoms. The molecule has 0 atom stereocenters. The van der Waals surface area contributed by atoms with Gasteiger partial charge in [-0.3, -0.25) is 14.6 Å². The van der Waals surface area contributed by atoms with Crippen molar-refractivity contribution in [2.45, 2.75) is 13.3 Å². The second-order valence-corrected chi connectivity index (χ2v) is 6.38. The summed E-state index contributed by atoms with van der Waals surface area (Å²) in [5.41, 5.74) is 3.68. The number of hydrogen-bond acceptors (Lipinski definition) is 4. The number of hydrogen-bond donors (Lipinski definition) is 2. The van der Waals surface area contributed by atoms with Crippen LogP contribution in [0.1, 0.15) is 28.7 Å². The van der Waals surface area contributed by atoms with Gasteiger partial charge in [-0.05, 0) is 36.8 Å². The van der Waals surface area contributed by atoms with Gasteiger partial charge in [0.25, 0.3) is 5.91 Å². The van der Waals surface area contributed by atoms with E-state index in [1.165, 1.54) is 0 Å². The number of carbonyl (C=O) groups excluding carboxylic acids is 1. The molecule has 136 valence electrons. The van der Waals surface area contributed by atoms with Crippen LogP contribution in [0.4, 0.5) is 0 Å². The highest BCUT2D eigenvalue weighted by Gasteiger charge is 2.12. The summed E-state index contributed by atoms with van der Waals surface area (Å²) >= 11 is 0. The van der Waals surface area contributed by atoms with Crippen LogP contribution in [0.3, 0.4) is 0 Å². The summed E-state index contributed by atoms with van der Waals surface area (Å²) in [7, 11) is 1.89. The number of H-pyrrole nitrogens is 1. The maximum absolute atomic E-state index is 11.9. The molecule has 0 bridgehead atoms. The fraction of sp³-hybridized carbons (Fsp3) is 0.200. The normalized spacial score (nSPS) is 11.0. The molecule has 4 aromatic rings. The predicted octanol–water partition coefficient (Wildman–Crippen LogP) is 2.70. The van der Waals surface area contributed by atoms with E-state index in [1.54, 1.807) is 16.8 Å². The number of aromatic nitrogens is 5. The Balaban J connectivity index is 1.56. The van der Waals surface area contributed by atoms with Gasteiger partial charge in [0.05, 0.1) is 11.7 Å². The van der Waals surface area contributed by atoms with Gasteiger partial charge in [-0.15, -0.1) is 0 Å². The van der Waals surface area contributed by atoms with E-state index >= 15 is 0 Å². The number of aromatic amines is 1. The standard InChI is InChI=1S/C20H20N6O/c1-3-21-20(27)15-7-5-14(6-8-15)19-23-18(26(2)25-19)11-13-4-9-17-16(10-13)12-22-24-17/h4-10,12H,3,11H2,1-2H3,(H,21,27)(H,22,24). The van der Waals surface area contributed by atoms with Crippen molar-refractivity contribution in [2.24, 2.45) is 7.05 Å². The lowest BCUT2D eigenvalue weighted by atomic mass is 10.1. The average Bonchev–Trinajstić information content (AvgIpc) is 3.28. The van der Waals surface area contributed by atoms with Crippen LogP contribution in [-0.2, 0) is 13.5 Å². The zero-order valence-electron chi connectivity index (χ0n) is 15.2. The summed E-state index contributed by atoms with van der Waals surface area (Å²) in [5, 5.41) is 15.4. The minimum Gasteiger partial charge on any atom is -0.352 e. The van der Waals surface area contributed by atoms with Crippen LogP contribution >= 0.6 is 0 Å². The van der Waals surface area contributed by atoms with Gasteiger partial charge in [0.15, 0.2) is 5.82 Å². The Morgan fingerprint density at radius 1 is 1.19 bits per heavy atom. The molecule has 1 amide bonds. The predicted molar refractivity (Wildman–Crippen MR) is 103 cm³/mol. The van der Waals surface area contributed by atoms with Crippen LogP contribution in [0.5, 0.6) is 0 Å². The third kappa shape index (κ3) is 3.44. The van der Waals surface area contributed by atoms with E-state index in [0.717, 1.165) is 27.9 Å². The van der Waals surface area contributed by atoms with Crippen LogP contribution in [0.2, 0.25) is 0 Å². The average molecular weight is 360 g/mol. The highest BCUT2D eigenvalue weighted by Crippen LogP contribution is 2.19. The molecular formula is C20H20N6O. The monoisotopic (exact) mass is 360 g/mol. The van der Waals surface area contributed by atoms with Crippen molar-refractivity contribution in [3.63, 3.8) is 0 Å². The maximum atomic E-state index is 11.9. The SMILES string of the molecule is CCNC(=O)c1ccc(-c2nc(Cc3ccc4[nH]ncc4c3)n(C)n2)cc1. The first kappa shape index (κ1) is 17.0. The molecule has 0 fully saturated rings. The zero-order chi connectivity index (χ0) is 18.8. The number of carbonyl (C=O) groups is 1. The Labute approximate surface area is 156 Å². The molecule has 0 spiro atoms. The van der Waals surface area contributed by atoms with E-state index in [4.69, 9.17) is 0 Å². The first-order valence-electron chi connectivity index (χ1n) is 8.84. The van der Waals surface area contributed by atoms with E-state index < -0.39 is 0 Å². The van der Waals surface area contributed by atoms with Gasteiger partial charge in [-0.25, -0.2) is 4.98 Å². The second kappa shape index (κ2) is 7.03. The molecule has 0 saturated heterocycles. The van der Waals surface area contributed by atoms with Gasteiger partial charge in [0.1, 0.15) is 5.82 Å². The number of rotatable bonds is 5. The lowest BCUT2D eigenvalue weighted by molar-refractivity contribution is 0.0956. The van der Waals surface area contributed by atoms with Crippen LogP contribution in [0.25, 0.3) is 22.3 Å². The maximum Gasteiger partial charge on any atom is 0.251 e. The van der Waals surface area contributed by atoms with Crippen molar-refractivity contribution in [3.8, 4) is 11.4 Å². The number of aryl methyl sites for hydroxylation is 1. The molecule has 2 aromatic heterocycles. The van der Waals surface area contributed by atoms with Gasteiger partial charge in [0, 0.05) is 36.5 Å². The van der Waals surface area contributed by atoms with Crippen LogP contribution < -0.4 is 5.32 Å². The third-order valence-corrected chi connectivity index (χ3v) is 4.46. The molecule has 0 aliphatic carbocycles. The molecule has 4 rings (SSSR count). The molecule has 0 aliphatic heterocycles. The smallest absolute Gasteiger partial charge is 0.251 e. The summed E-state index contributed by atoms with van der Waals surface area (Å²) in [6.07, 6.45) is 2.50. The Morgan fingerprint density at radius 2 is 2.00 bits per heavy atom. The van der Waals surface area contributed by atoms with Crippen LogP contribution in [0.15, 0.2) is 48.7 Å². The van der Waals surface area contributed by atoms with Gasteiger partial charge in [-0.1, -0.05) is 18.2 Å². The van der Waals surface area contributed by atoms with E-state index in [0.29, 0.717) is 24.4 Å². The molecule has 7 heteroatoms. The van der Waals surface area contributed by atoms with Gasteiger partial charge in [0.2, 0.25) is 0 Å². The van der Waals surface area contributed by atoms with Crippen molar-refractivity contribution in [2.75, 3.05) is 6.54 Å². The van der Waals surface area contributed by atoms with Crippen molar-refractivity contribution < 1.29 is 4.79 Å². The molecule has 7 nitrogen and oxygen atoms in total. The summed E-state index contributed by atoms with van der Waals surface area (Å²) < 4.78 is 1.80. The fourth-order valence-electron chi connectivity index (χ4n) is 3.01. The van der Waals surface area contributed by atoms with Crippen LogP contribution in [0, 0.1) is 0 Å². The summed E-state index contributed by atoms with van der Waals surface area (Å²) in [5.74, 6) is 1.45. The van der Waals surface area contributed by atoms with Gasteiger partial charge >= 0.3 is 0 Å². The summed E-state index contributed by atoms with van der Waals surface area (Å²) in [6.45, 7) is 2.51. The van der Waals surface area contributed by atoms with Crippen molar-refractivity contribution >= 4 is 16.8 Å². The van der Waals surface area contributed by atoms with E-state index in [-0.39, 0.29) is 5.91 Å². The number of nitrogens with one attached hydrogen (secondary N) is 2. The van der Waals surface area contributed by atoms with Gasteiger partial charge in [-0.2, -0.15) is 10.2 Å². The molecule has 2 aromatic carbocycles. The van der Waals surface area contributed by atoms with E-state index in [2.05, 4.69) is 37.7 Å². The molecule has 0 saturated carbocycles. The number of benzene rings is 2. The number of amides is 1. The molecule has 0 unspecified atom stereocenters. The quantitative estimate of drug-likeness (QED) is 0.573. The third-order valence-electron chi connectivity index (χ3n) is 4.46. The lowest BCUT2D eigenvalue weighted by Gasteiger charge is -2.02. The first-order chi connectivity index (χ1) is 13.1. The largest absolute Gasteiger partial charge is 0.352 e. The number of fused-ring (bicyclic) bond motifs is 1. The van der Waals surface area contributed by atoms with E-state index in [9.17, 15) is 4.79 Å². The second-order valence-electron chi connectivity index (χ2n) is 6.38. The van der Waals surface area contributed by atoms with Crippen LogP contribution in [-0.4, -0.2) is 37.4 Å². The molecule has 0 radical (unpaired) electrons. The van der Waals surface area contributed by atoms with Crippen molar-refractivity contribution in [1.82, 2.24) is 30.3 Å². The minimum absolute atomic E-state index is 0.0756. The zero-order valence-corrected chi connectivity index (χ0v) is 15.2. The Kier molecular flexibility index (Phi) is 4.42. The lowest BCUT2D eigenvalue weighted by Crippen LogP contribution is -2.22. The fourth-order valence-corrected chi connectivity index (χ4v) is 3.01.